The first-order chi connectivity index (χ1) is 10.6. The summed E-state index contributed by atoms with van der Waals surface area (Å²) in [7, 11) is 0. The number of thiol groups is 1. The number of amides is 2. The zero-order valence-electron chi connectivity index (χ0n) is 13.0. The van der Waals surface area contributed by atoms with Crippen molar-refractivity contribution in [3.63, 3.8) is 0 Å². The normalized spacial score (nSPS) is 37.6. The standard InChI is InChI=1S/C16H25N3O2S/c20-14-9-16(10-17-14)3-5-18(6-4-16)13-7-11-1-2-12(8-13)19(11)15(21)22/h11-13H,1-10H2,(H,17,20)(H,21,22). The summed E-state index contributed by atoms with van der Waals surface area (Å²) >= 11 is 4.05. The highest BCUT2D eigenvalue weighted by molar-refractivity contribution is 7.96. The minimum atomic E-state index is -0.0425. The molecule has 0 aromatic rings. The van der Waals surface area contributed by atoms with Gasteiger partial charge < -0.3 is 15.1 Å². The number of hydrogen-bond acceptors (Lipinski definition) is 3. The van der Waals surface area contributed by atoms with Crippen LogP contribution in [0.4, 0.5) is 4.79 Å². The summed E-state index contributed by atoms with van der Waals surface area (Å²) in [5.41, 5.74) is 0.230. The van der Waals surface area contributed by atoms with Crippen LogP contribution in [0.2, 0.25) is 0 Å². The van der Waals surface area contributed by atoms with Gasteiger partial charge in [-0.3, -0.25) is 9.59 Å². The molecule has 2 atom stereocenters. The van der Waals surface area contributed by atoms with E-state index < -0.39 is 0 Å². The number of carbonyl (C=O) groups is 2. The molecule has 122 valence electrons. The van der Waals surface area contributed by atoms with Crippen LogP contribution in [0.3, 0.4) is 0 Å². The molecule has 2 unspecified atom stereocenters. The number of carbonyl (C=O) groups excluding carboxylic acids is 2. The lowest BCUT2D eigenvalue weighted by Crippen LogP contribution is -2.54. The summed E-state index contributed by atoms with van der Waals surface area (Å²) in [5, 5.41) is 2.96. The number of piperidine rings is 2. The van der Waals surface area contributed by atoms with Gasteiger partial charge in [-0.25, -0.2) is 0 Å². The van der Waals surface area contributed by atoms with Gasteiger partial charge in [-0.1, -0.05) is 12.6 Å². The summed E-state index contributed by atoms with van der Waals surface area (Å²) in [4.78, 5) is 27.8. The molecule has 4 saturated heterocycles. The first kappa shape index (κ1) is 14.8. The molecule has 4 rings (SSSR count). The zero-order chi connectivity index (χ0) is 15.3. The van der Waals surface area contributed by atoms with Crippen LogP contribution >= 0.6 is 12.6 Å². The van der Waals surface area contributed by atoms with Gasteiger partial charge in [0.25, 0.3) is 5.24 Å². The Morgan fingerprint density at radius 2 is 1.77 bits per heavy atom. The van der Waals surface area contributed by atoms with E-state index in [0.717, 1.165) is 64.6 Å². The summed E-state index contributed by atoms with van der Waals surface area (Å²) in [6.07, 6.45) is 7.48. The van der Waals surface area contributed by atoms with Crippen LogP contribution < -0.4 is 5.32 Å². The summed E-state index contributed by atoms with van der Waals surface area (Å²) in [6.45, 7) is 3.08. The van der Waals surface area contributed by atoms with Gasteiger partial charge in [0.1, 0.15) is 0 Å². The maximum atomic E-state index is 11.7. The van der Waals surface area contributed by atoms with E-state index in [1.807, 2.05) is 4.90 Å². The number of likely N-dealkylation sites (tertiary alicyclic amines) is 1. The predicted octanol–water partition coefficient (Wildman–Crippen LogP) is 1.63. The van der Waals surface area contributed by atoms with E-state index in [1.54, 1.807) is 0 Å². The topological polar surface area (TPSA) is 52.7 Å². The van der Waals surface area contributed by atoms with E-state index in [1.165, 1.54) is 0 Å². The van der Waals surface area contributed by atoms with E-state index in [4.69, 9.17) is 0 Å². The Morgan fingerprint density at radius 1 is 1.14 bits per heavy atom. The Balaban J connectivity index is 1.37. The first-order valence-corrected chi connectivity index (χ1v) is 9.03. The van der Waals surface area contributed by atoms with Crippen molar-refractivity contribution in [2.45, 2.75) is 63.1 Å². The average molecular weight is 323 g/mol. The van der Waals surface area contributed by atoms with Gasteiger partial charge in [0.15, 0.2) is 0 Å². The summed E-state index contributed by atoms with van der Waals surface area (Å²) < 4.78 is 0. The van der Waals surface area contributed by atoms with Crippen LogP contribution in [-0.4, -0.2) is 58.7 Å². The van der Waals surface area contributed by atoms with E-state index in [2.05, 4.69) is 22.8 Å². The van der Waals surface area contributed by atoms with Crippen molar-refractivity contribution in [1.29, 1.82) is 0 Å². The third kappa shape index (κ3) is 2.44. The molecule has 0 aliphatic carbocycles. The van der Waals surface area contributed by atoms with Crippen LogP contribution in [0.25, 0.3) is 0 Å². The van der Waals surface area contributed by atoms with Gasteiger partial charge in [-0.2, -0.15) is 0 Å². The molecular formula is C16H25N3O2S. The molecule has 4 heterocycles. The minimum Gasteiger partial charge on any atom is -0.356 e. The zero-order valence-corrected chi connectivity index (χ0v) is 13.9. The van der Waals surface area contributed by atoms with Gasteiger partial charge in [-0.05, 0) is 57.0 Å². The number of nitrogens with zero attached hydrogens (tertiary/aromatic N) is 2. The lowest BCUT2D eigenvalue weighted by Gasteiger charge is -2.46. The van der Waals surface area contributed by atoms with Crippen molar-refractivity contribution >= 4 is 23.8 Å². The molecule has 1 N–H and O–H groups in total. The van der Waals surface area contributed by atoms with Gasteiger partial charge in [-0.15, -0.1) is 0 Å². The summed E-state index contributed by atoms with van der Waals surface area (Å²) in [6, 6.07) is 1.42. The van der Waals surface area contributed by atoms with Gasteiger partial charge >= 0.3 is 0 Å². The third-order valence-corrected chi connectivity index (χ3v) is 6.73. The molecule has 0 aromatic carbocycles. The Labute approximate surface area is 137 Å². The molecule has 22 heavy (non-hydrogen) atoms. The van der Waals surface area contributed by atoms with Crippen molar-refractivity contribution in [2.75, 3.05) is 19.6 Å². The molecule has 4 aliphatic heterocycles. The largest absolute Gasteiger partial charge is 0.356 e. The van der Waals surface area contributed by atoms with E-state index in [9.17, 15) is 9.59 Å². The fourth-order valence-corrected chi connectivity index (χ4v) is 5.55. The van der Waals surface area contributed by atoms with Crippen LogP contribution in [0.15, 0.2) is 0 Å². The van der Waals surface area contributed by atoms with Crippen molar-refractivity contribution in [1.82, 2.24) is 15.1 Å². The van der Waals surface area contributed by atoms with E-state index >= 15 is 0 Å². The van der Waals surface area contributed by atoms with Gasteiger partial charge in [0.2, 0.25) is 5.91 Å². The Kier molecular flexibility index (Phi) is 3.64. The van der Waals surface area contributed by atoms with Crippen LogP contribution in [0.5, 0.6) is 0 Å². The first-order valence-electron chi connectivity index (χ1n) is 8.58. The lowest BCUT2D eigenvalue weighted by atomic mass is 9.77. The molecule has 0 radical (unpaired) electrons. The second-order valence-corrected chi connectivity index (χ2v) is 8.07. The molecule has 1 spiro atoms. The third-order valence-electron chi connectivity index (χ3n) is 6.50. The Bertz CT molecular complexity index is 476. The smallest absolute Gasteiger partial charge is 0.279 e. The van der Waals surface area contributed by atoms with Crippen molar-refractivity contribution in [2.24, 2.45) is 5.41 Å². The van der Waals surface area contributed by atoms with Gasteiger partial charge in [0.05, 0.1) is 0 Å². The molecule has 0 aromatic heterocycles. The molecule has 4 aliphatic rings. The average Bonchev–Trinajstić information content (AvgIpc) is 2.98. The fourth-order valence-electron chi connectivity index (χ4n) is 5.23. The highest BCUT2D eigenvalue weighted by Crippen LogP contribution is 2.42. The quantitative estimate of drug-likeness (QED) is 0.721. The second kappa shape index (κ2) is 5.41. The van der Waals surface area contributed by atoms with Crippen LogP contribution in [0.1, 0.15) is 44.9 Å². The van der Waals surface area contributed by atoms with Crippen LogP contribution in [0, 0.1) is 5.41 Å². The molecular weight excluding hydrogens is 298 g/mol. The number of fused-ring (bicyclic) bond motifs is 2. The van der Waals surface area contributed by atoms with Crippen molar-refractivity contribution < 1.29 is 9.59 Å². The molecule has 2 amide bonds. The van der Waals surface area contributed by atoms with Crippen molar-refractivity contribution in [3.8, 4) is 0 Å². The highest BCUT2D eigenvalue weighted by atomic mass is 32.1. The monoisotopic (exact) mass is 323 g/mol. The fraction of sp³-hybridized carbons (Fsp3) is 0.875. The second-order valence-electron chi connectivity index (χ2n) is 7.69. The maximum Gasteiger partial charge on any atom is 0.279 e. The number of rotatable bonds is 1. The minimum absolute atomic E-state index is 0.0425. The Hall–Kier alpha value is -0.750. The lowest BCUT2D eigenvalue weighted by molar-refractivity contribution is -0.119. The molecule has 4 fully saturated rings. The molecule has 5 nitrogen and oxygen atoms in total. The van der Waals surface area contributed by atoms with E-state index in [0.29, 0.717) is 18.1 Å². The highest BCUT2D eigenvalue weighted by Gasteiger charge is 2.46. The van der Waals surface area contributed by atoms with Crippen LogP contribution in [-0.2, 0) is 4.79 Å². The molecule has 6 heteroatoms. The maximum absolute atomic E-state index is 11.7. The summed E-state index contributed by atoms with van der Waals surface area (Å²) in [5.74, 6) is 0.229. The van der Waals surface area contributed by atoms with Gasteiger partial charge in [0, 0.05) is 31.1 Å². The predicted molar refractivity (Wildman–Crippen MR) is 86.9 cm³/mol. The number of nitrogens with one attached hydrogen (secondary N) is 1. The number of hydrogen-bond donors (Lipinski definition) is 2. The van der Waals surface area contributed by atoms with E-state index in [-0.39, 0.29) is 16.6 Å². The SMILES string of the molecule is O=C1CC2(CCN(C3CC4CCC(C3)N4C(=O)S)CC2)CN1. The Morgan fingerprint density at radius 3 is 2.27 bits per heavy atom. The molecule has 0 saturated carbocycles. The van der Waals surface area contributed by atoms with Crippen molar-refractivity contribution in [3.05, 3.63) is 0 Å². The molecule has 2 bridgehead atoms.